The van der Waals surface area contributed by atoms with E-state index in [1.54, 1.807) is 0 Å². The Labute approximate surface area is 194 Å². The molecule has 200 valence electrons. The molecule has 0 aromatic carbocycles. The van der Waals surface area contributed by atoms with Crippen molar-refractivity contribution in [3.05, 3.63) is 0 Å². The summed E-state index contributed by atoms with van der Waals surface area (Å²) in [5, 5.41) is 99.8. The minimum absolute atomic E-state index is 0.569. The van der Waals surface area contributed by atoms with Crippen LogP contribution in [0.3, 0.4) is 0 Å². The third-order valence-corrected chi connectivity index (χ3v) is 6.34. The van der Waals surface area contributed by atoms with Crippen molar-refractivity contribution in [2.45, 2.75) is 98.9 Å². The Bertz CT molecular complexity index is 637. The maximum atomic E-state index is 10.4. The number of hydrogen-bond donors (Lipinski definition) is 10. The molecular weight excluding hydrogens is 468 g/mol. The minimum Gasteiger partial charge on any atom is -0.394 e. The van der Waals surface area contributed by atoms with Gasteiger partial charge in [0.25, 0.3) is 0 Å². The molecule has 0 aliphatic carbocycles. The lowest BCUT2D eigenvalue weighted by Crippen LogP contribution is -2.64. The van der Waals surface area contributed by atoms with Gasteiger partial charge in [-0.3, -0.25) is 0 Å². The number of ether oxygens (including phenoxy) is 5. The summed E-state index contributed by atoms with van der Waals surface area (Å²) in [4.78, 5) is 0. The lowest BCUT2D eigenvalue weighted by atomic mass is 9.95. The highest BCUT2D eigenvalue weighted by Crippen LogP contribution is 2.30. The van der Waals surface area contributed by atoms with E-state index in [0.717, 1.165) is 0 Å². The Hall–Kier alpha value is -0.600. The Morgan fingerprint density at radius 3 is 1.68 bits per heavy atom. The van der Waals surface area contributed by atoms with Crippen molar-refractivity contribution in [2.75, 3.05) is 19.8 Å². The third-order valence-electron chi connectivity index (χ3n) is 6.34. The monoisotopic (exact) mass is 502 g/mol. The van der Waals surface area contributed by atoms with Crippen molar-refractivity contribution in [3.63, 3.8) is 0 Å². The summed E-state index contributed by atoms with van der Waals surface area (Å²) in [7, 11) is 0. The topological polar surface area (TPSA) is 248 Å². The van der Waals surface area contributed by atoms with Gasteiger partial charge < -0.3 is 74.7 Å². The molecule has 0 amide bonds. The zero-order chi connectivity index (χ0) is 25.3. The van der Waals surface area contributed by atoms with Gasteiger partial charge in [-0.25, -0.2) is 0 Å². The molecule has 0 aromatic rings. The summed E-state index contributed by atoms with van der Waals surface area (Å²) >= 11 is 0. The van der Waals surface area contributed by atoms with E-state index in [4.69, 9.17) is 23.7 Å². The van der Waals surface area contributed by atoms with E-state index in [9.17, 15) is 51.1 Å². The molecule has 3 heterocycles. The quantitative estimate of drug-likeness (QED) is 0.155. The smallest absolute Gasteiger partial charge is 0.187 e. The summed E-state index contributed by atoms with van der Waals surface area (Å²) in [6.45, 7) is -0.377. The average molecular weight is 502 g/mol. The number of aliphatic hydroxyl groups is 10. The summed E-state index contributed by atoms with van der Waals surface area (Å²) in [6.07, 6.45) is -22.4. The Balaban J connectivity index is 1.66. The van der Waals surface area contributed by atoms with Crippen LogP contribution in [0.5, 0.6) is 0 Å². The largest absolute Gasteiger partial charge is 0.394 e. The fraction of sp³-hybridized carbons (Fsp3) is 1.00. The molecule has 0 radical (unpaired) electrons. The first-order chi connectivity index (χ1) is 16.0. The van der Waals surface area contributed by atoms with Gasteiger partial charge in [0.15, 0.2) is 12.6 Å². The van der Waals surface area contributed by atoms with Crippen molar-refractivity contribution in [3.8, 4) is 0 Å². The molecule has 15 atom stereocenters. The van der Waals surface area contributed by atoms with Crippen LogP contribution in [0.2, 0.25) is 0 Å². The van der Waals surface area contributed by atoms with Crippen molar-refractivity contribution >= 4 is 0 Å². The third kappa shape index (κ3) is 5.54. The van der Waals surface area contributed by atoms with Gasteiger partial charge in [0.1, 0.15) is 73.2 Å². The van der Waals surface area contributed by atoms with E-state index < -0.39 is 112 Å². The molecule has 3 aliphatic heterocycles. The lowest BCUT2D eigenvalue weighted by Gasteiger charge is -2.46. The molecule has 0 aromatic heterocycles. The SMILES string of the molecule is C[C@H]1OC(CO)[C@@H](O[C@H]2OC(CO[C@H]3OC(CO)[C@@H](O)[C@H](O)C3O)[C@H](O)[C@H](O)C2O)[C@H](O)C1O. The van der Waals surface area contributed by atoms with Crippen LogP contribution < -0.4 is 0 Å². The van der Waals surface area contributed by atoms with Crippen LogP contribution in [0.4, 0.5) is 0 Å². The van der Waals surface area contributed by atoms with Crippen LogP contribution in [0, 0.1) is 0 Å². The predicted molar refractivity (Wildman–Crippen MR) is 105 cm³/mol. The van der Waals surface area contributed by atoms with Gasteiger partial charge in [0.2, 0.25) is 0 Å². The van der Waals surface area contributed by atoms with Gasteiger partial charge in [-0.05, 0) is 6.92 Å². The summed E-state index contributed by atoms with van der Waals surface area (Å²) < 4.78 is 26.9. The second-order valence-corrected chi connectivity index (χ2v) is 8.69. The highest BCUT2D eigenvalue weighted by atomic mass is 16.7. The van der Waals surface area contributed by atoms with Gasteiger partial charge in [-0.15, -0.1) is 0 Å². The highest BCUT2D eigenvalue weighted by Gasteiger charge is 2.50. The van der Waals surface area contributed by atoms with E-state index in [2.05, 4.69) is 0 Å². The molecule has 6 unspecified atom stereocenters. The number of hydrogen-bond acceptors (Lipinski definition) is 15. The van der Waals surface area contributed by atoms with Crippen LogP contribution in [0.1, 0.15) is 6.92 Å². The van der Waals surface area contributed by atoms with E-state index >= 15 is 0 Å². The van der Waals surface area contributed by atoms with Crippen molar-refractivity contribution < 1.29 is 74.7 Å². The van der Waals surface area contributed by atoms with E-state index in [1.807, 2.05) is 0 Å². The van der Waals surface area contributed by atoms with Crippen LogP contribution in [0.25, 0.3) is 0 Å². The Morgan fingerprint density at radius 2 is 1.09 bits per heavy atom. The zero-order valence-electron chi connectivity index (χ0n) is 18.3. The minimum atomic E-state index is -1.81. The molecule has 15 heteroatoms. The van der Waals surface area contributed by atoms with Crippen molar-refractivity contribution in [1.29, 1.82) is 0 Å². The molecule has 34 heavy (non-hydrogen) atoms. The fourth-order valence-electron chi connectivity index (χ4n) is 4.16. The van der Waals surface area contributed by atoms with E-state index in [0.29, 0.717) is 0 Å². The maximum absolute atomic E-state index is 10.4. The number of rotatable bonds is 7. The molecule has 0 bridgehead atoms. The summed E-state index contributed by atoms with van der Waals surface area (Å²) in [5.74, 6) is 0. The molecule has 3 saturated heterocycles. The first-order valence-electron chi connectivity index (χ1n) is 10.9. The first kappa shape index (κ1) is 28.0. The van der Waals surface area contributed by atoms with Gasteiger partial charge >= 0.3 is 0 Å². The molecule has 3 aliphatic rings. The highest BCUT2D eigenvalue weighted by molar-refractivity contribution is 4.95. The normalized spacial score (nSPS) is 52.5. The van der Waals surface area contributed by atoms with E-state index in [-0.39, 0.29) is 0 Å². The van der Waals surface area contributed by atoms with Gasteiger partial charge in [0, 0.05) is 0 Å². The van der Waals surface area contributed by atoms with Crippen LogP contribution in [0.15, 0.2) is 0 Å². The average Bonchev–Trinajstić information content (AvgIpc) is 2.82. The number of aliphatic hydroxyl groups excluding tert-OH is 10. The maximum Gasteiger partial charge on any atom is 0.187 e. The molecule has 0 spiro atoms. The molecule has 3 fully saturated rings. The van der Waals surface area contributed by atoms with Crippen LogP contribution in [-0.4, -0.2) is 163 Å². The molecule has 15 nitrogen and oxygen atoms in total. The summed E-state index contributed by atoms with van der Waals surface area (Å²) in [6, 6.07) is 0. The van der Waals surface area contributed by atoms with Crippen molar-refractivity contribution in [2.24, 2.45) is 0 Å². The van der Waals surface area contributed by atoms with Crippen LogP contribution in [-0.2, 0) is 23.7 Å². The lowest BCUT2D eigenvalue weighted by molar-refractivity contribution is -0.352. The van der Waals surface area contributed by atoms with Gasteiger partial charge in [-0.1, -0.05) is 0 Å². The molecule has 10 N–H and O–H groups in total. The van der Waals surface area contributed by atoms with Gasteiger partial charge in [0.05, 0.1) is 25.9 Å². The molecule has 0 saturated carbocycles. The van der Waals surface area contributed by atoms with Crippen molar-refractivity contribution in [1.82, 2.24) is 0 Å². The molecular formula is C19H34O15. The fourth-order valence-corrected chi connectivity index (χ4v) is 4.16. The standard InChI is InChI=1S/C19H34O15/c1-5-9(22)14(27)17(7(3-21)31-5)34-19-16(29)13(26)11(24)8(33-19)4-30-18-15(28)12(25)10(23)6(2-20)32-18/h5-29H,2-4H2,1H3/t5-,6?,7?,8?,9?,10-,11+,12+,13+,14-,15?,16?,17-,18+,19-/m1/s1. The van der Waals surface area contributed by atoms with E-state index in [1.165, 1.54) is 6.92 Å². The Kier molecular flexibility index (Phi) is 9.57. The first-order valence-corrected chi connectivity index (χ1v) is 10.9. The predicted octanol–water partition coefficient (Wildman–Crippen LogP) is -6.50. The van der Waals surface area contributed by atoms with Gasteiger partial charge in [-0.2, -0.15) is 0 Å². The second-order valence-electron chi connectivity index (χ2n) is 8.69. The van der Waals surface area contributed by atoms with Crippen LogP contribution >= 0.6 is 0 Å². The molecule has 3 rings (SSSR count). The zero-order valence-corrected chi connectivity index (χ0v) is 18.3. The summed E-state index contributed by atoms with van der Waals surface area (Å²) in [5.41, 5.74) is 0. The Morgan fingerprint density at radius 1 is 0.559 bits per heavy atom. The second kappa shape index (κ2) is 11.6.